The summed E-state index contributed by atoms with van der Waals surface area (Å²) in [5.74, 6) is -1.83. The van der Waals surface area contributed by atoms with Gasteiger partial charge in [-0.25, -0.2) is 0 Å². The number of rotatable bonds is 37. The zero-order valence-electron chi connectivity index (χ0n) is 36.5. The second kappa shape index (κ2) is 39.1. The Morgan fingerprint density at radius 3 is 1.53 bits per heavy atom. The molecule has 57 heavy (non-hydrogen) atoms. The molecular formula is C49H79NO7. The largest absolute Gasteiger partial charge is 0.544 e. The molecule has 2 atom stereocenters. The number of nitrogens with zero attached hydrogens (tertiary/aromatic N) is 1. The Morgan fingerprint density at radius 1 is 0.561 bits per heavy atom. The summed E-state index contributed by atoms with van der Waals surface area (Å²) < 4.78 is 17.1. The van der Waals surface area contributed by atoms with Crippen LogP contribution in [0.4, 0.5) is 0 Å². The SMILES string of the molecule is CC/C=C/C/C=C/C/C=C/C/C=C/C/C=C/C/C=C/CCCCCC(=O)OCC(COCCC(C(=O)[O-])[N+](C)(C)C)OC(=O)CCCCC/C=C/C=C/CCCC. The molecule has 0 spiro atoms. The van der Waals surface area contributed by atoms with Gasteiger partial charge >= 0.3 is 11.9 Å². The van der Waals surface area contributed by atoms with Crippen molar-refractivity contribution in [3.8, 4) is 0 Å². The smallest absolute Gasteiger partial charge is 0.306 e. The molecule has 0 saturated carbocycles. The van der Waals surface area contributed by atoms with E-state index in [9.17, 15) is 19.5 Å². The van der Waals surface area contributed by atoms with Gasteiger partial charge in [-0.2, -0.15) is 0 Å². The lowest BCUT2D eigenvalue weighted by Gasteiger charge is -2.34. The number of hydrogen-bond acceptors (Lipinski definition) is 7. The number of carbonyl (C=O) groups excluding carboxylic acids is 3. The van der Waals surface area contributed by atoms with Crippen molar-refractivity contribution in [3.63, 3.8) is 0 Å². The lowest BCUT2D eigenvalue weighted by atomic mass is 10.1. The molecule has 0 heterocycles. The van der Waals surface area contributed by atoms with Gasteiger partial charge in [0.25, 0.3) is 0 Å². The van der Waals surface area contributed by atoms with Crippen LogP contribution in [-0.2, 0) is 28.6 Å². The Labute approximate surface area is 347 Å². The fourth-order valence-electron chi connectivity index (χ4n) is 5.58. The quantitative estimate of drug-likeness (QED) is 0.0203. The number of hydrogen-bond donors (Lipinski definition) is 0. The van der Waals surface area contributed by atoms with Crippen LogP contribution in [0.25, 0.3) is 0 Å². The van der Waals surface area contributed by atoms with Crippen molar-refractivity contribution in [1.82, 2.24) is 0 Å². The minimum Gasteiger partial charge on any atom is -0.544 e. The van der Waals surface area contributed by atoms with Crippen LogP contribution in [0.1, 0.15) is 142 Å². The van der Waals surface area contributed by atoms with Crippen LogP contribution < -0.4 is 5.11 Å². The second-order valence-corrected chi connectivity index (χ2v) is 15.2. The van der Waals surface area contributed by atoms with E-state index in [2.05, 4.69) is 111 Å². The molecule has 0 radical (unpaired) electrons. The first kappa shape index (κ1) is 53.2. The van der Waals surface area contributed by atoms with Crippen LogP contribution in [0, 0.1) is 0 Å². The highest BCUT2D eigenvalue weighted by molar-refractivity contribution is 5.70. The predicted octanol–water partition coefficient (Wildman–Crippen LogP) is 10.6. The monoisotopic (exact) mass is 794 g/mol. The fraction of sp³-hybridized carbons (Fsp3) is 0.612. The summed E-state index contributed by atoms with van der Waals surface area (Å²) in [6.07, 6.45) is 51.5. The number of likely N-dealkylation sites (N-methyl/N-ethyl adjacent to an activating group) is 1. The van der Waals surface area contributed by atoms with E-state index in [4.69, 9.17) is 14.2 Å². The summed E-state index contributed by atoms with van der Waals surface area (Å²) in [4.78, 5) is 36.8. The minimum absolute atomic E-state index is 0.0124. The molecule has 0 aromatic heterocycles. The van der Waals surface area contributed by atoms with Gasteiger partial charge in [0.2, 0.25) is 0 Å². The number of carbonyl (C=O) groups is 3. The third kappa shape index (κ3) is 37.6. The Balaban J connectivity index is 4.41. The first-order valence-electron chi connectivity index (χ1n) is 21.8. The van der Waals surface area contributed by atoms with Gasteiger partial charge in [0.15, 0.2) is 6.10 Å². The molecule has 0 amide bonds. The van der Waals surface area contributed by atoms with Gasteiger partial charge in [0.1, 0.15) is 12.6 Å². The molecule has 8 heteroatoms. The highest BCUT2D eigenvalue weighted by Crippen LogP contribution is 2.11. The Hall–Kier alpha value is -3.75. The first-order valence-corrected chi connectivity index (χ1v) is 21.8. The highest BCUT2D eigenvalue weighted by atomic mass is 16.6. The Bertz CT molecular complexity index is 1250. The molecule has 0 rings (SSSR count). The van der Waals surface area contributed by atoms with E-state index >= 15 is 0 Å². The second-order valence-electron chi connectivity index (χ2n) is 15.2. The number of allylic oxidation sites excluding steroid dienone is 16. The molecular weight excluding hydrogens is 715 g/mol. The zero-order chi connectivity index (χ0) is 42.1. The van der Waals surface area contributed by atoms with Crippen molar-refractivity contribution < 1.29 is 38.2 Å². The molecule has 0 fully saturated rings. The maximum Gasteiger partial charge on any atom is 0.306 e. The summed E-state index contributed by atoms with van der Waals surface area (Å²) in [5, 5.41) is 11.6. The number of ether oxygens (including phenoxy) is 3. The topological polar surface area (TPSA) is 102 Å². The van der Waals surface area contributed by atoms with Crippen molar-refractivity contribution in [3.05, 3.63) is 97.2 Å². The molecule has 8 nitrogen and oxygen atoms in total. The number of carboxylic acids is 1. The van der Waals surface area contributed by atoms with Crippen molar-refractivity contribution in [2.75, 3.05) is 41.0 Å². The zero-order valence-corrected chi connectivity index (χ0v) is 36.5. The average Bonchev–Trinajstić information content (AvgIpc) is 3.17. The number of aliphatic carboxylic acids is 1. The molecule has 322 valence electrons. The van der Waals surface area contributed by atoms with E-state index in [1.807, 2.05) is 0 Å². The van der Waals surface area contributed by atoms with Gasteiger partial charge in [-0.15, -0.1) is 0 Å². The lowest BCUT2D eigenvalue weighted by Crippen LogP contribution is -2.55. The first-order chi connectivity index (χ1) is 27.6. The van der Waals surface area contributed by atoms with Crippen LogP contribution in [0.2, 0.25) is 0 Å². The Kier molecular flexibility index (Phi) is 36.5. The molecule has 0 saturated heterocycles. The molecule has 2 unspecified atom stereocenters. The number of quaternary nitrogens is 1. The van der Waals surface area contributed by atoms with Gasteiger partial charge in [0.05, 0.1) is 40.3 Å². The van der Waals surface area contributed by atoms with Gasteiger partial charge in [-0.05, 0) is 83.5 Å². The van der Waals surface area contributed by atoms with Crippen molar-refractivity contribution in [1.29, 1.82) is 0 Å². The number of carboxylic acid groups (broad SMARTS) is 1. The summed E-state index contributed by atoms with van der Waals surface area (Å²) in [6.45, 7) is 4.40. The third-order valence-electron chi connectivity index (χ3n) is 8.98. The van der Waals surface area contributed by atoms with Gasteiger partial charge in [-0.3, -0.25) is 9.59 Å². The van der Waals surface area contributed by atoms with Crippen molar-refractivity contribution in [2.24, 2.45) is 0 Å². The van der Waals surface area contributed by atoms with Crippen LogP contribution in [-0.4, -0.2) is 75.5 Å². The van der Waals surface area contributed by atoms with Gasteiger partial charge in [0, 0.05) is 19.3 Å². The highest BCUT2D eigenvalue weighted by Gasteiger charge is 2.25. The number of unbranched alkanes of at least 4 members (excludes halogenated alkanes) is 8. The van der Waals surface area contributed by atoms with E-state index in [-0.39, 0.29) is 49.1 Å². The summed E-state index contributed by atoms with van der Waals surface area (Å²) in [6, 6.07) is -0.741. The number of esters is 2. The van der Waals surface area contributed by atoms with E-state index in [0.717, 1.165) is 89.9 Å². The summed E-state index contributed by atoms with van der Waals surface area (Å²) in [5.41, 5.74) is 0. The van der Waals surface area contributed by atoms with Crippen molar-refractivity contribution >= 4 is 17.9 Å². The van der Waals surface area contributed by atoms with Gasteiger partial charge < -0.3 is 28.6 Å². The maximum absolute atomic E-state index is 12.7. The molecule has 0 aliphatic heterocycles. The Morgan fingerprint density at radius 2 is 1.04 bits per heavy atom. The summed E-state index contributed by atoms with van der Waals surface area (Å²) >= 11 is 0. The molecule has 0 N–H and O–H groups in total. The van der Waals surface area contributed by atoms with Crippen LogP contribution in [0.3, 0.4) is 0 Å². The fourth-order valence-corrected chi connectivity index (χ4v) is 5.58. The van der Waals surface area contributed by atoms with Gasteiger partial charge in [-0.1, -0.05) is 137 Å². The molecule has 0 aromatic rings. The predicted molar refractivity (Wildman–Crippen MR) is 235 cm³/mol. The van der Waals surface area contributed by atoms with Crippen molar-refractivity contribution in [2.45, 2.75) is 154 Å². The van der Waals surface area contributed by atoms with Crippen LogP contribution in [0.5, 0.6) is 0 Å². The maximum atomic E-state index is 12.7. The third-order valence-corrected chi connectivity index (χ3v) is 8.98. The van der Waals surface area contributed by atoms with E-state index < -0.39 is 18.1 Å². The van der Waals surface area contributed by atoms with Crippen LogP contribution >= 0.6 is 0 Å². The molecule has 0 aliphatic rings. The standard InChI is InChI=1S/C49H79NO7/c1-6-8-10-12-14-16-18-19-20-21-22-23-24-25-26-27-28-30-31-33-35-37-39-47(51)56-44-45(43-55-42-41-46(49(53)54)50(3,4)5)57-48(52)40-38-36-34-32-29-17-15-13-11-9-7-2/h8,10,13-17,19-20,22-23,25-26,28-30,45-46H,6-7,9,11-12,18,21,24,27,31-44H2,1-5H3/b10-8+,15-13+,16-14+,20-19+,23-22+,26-25+,29-17+,30-28+. The molecule has 0 aromatic carbocycles. The van der Waals surface area contributed by atoms with E-state index in [1.165, 1.54) is 12.8 Å². The summed E-state index contributed by atoms with van der Waals surface area (Å²) in [7, 11) is 5.37. The van der Waals surface area contributed by atoms with E-state index in [0.29, 0.717) is 12.8 Å². The lowest BCUT2D eigenvalue weighted by molar-refractivity contribution is -0.889. The van der Waals surface area contributed by atoms with E-state index in [1.54, 1.807) is 21.1 Å². The minimum atomic E-state index is -1.14. The molecule has 0 aliphatic carbocycles. The molecule has 0 bridgehead atoms. The average molecular weight is 794 g/mol. The van der Waals surface area contributed by atoms with Crippen LogP contribution in [0.15, 0.2) is 97.2 Å². The normalized spacial score (nSPS) is 13.9.